The molecule has 3 N–H and O–H groups in total. The van der Waals surface area contributed by atoms with Crippen LogP contribution in [0.1, 0.15) is 58.4 Å². The minimum Gasteiger partial charge on any atom is -0.459 e. The number of anilines is 3. The lowest BCUT2D eigenvalue weighted by Gasteiger charge is -2.20. The highest BCUT2D eigenvalue weighted by Gasteiger charge is 2.24. The Morgan fingerprint density at radius 3 is 2.57 bits per heavy atom. The van der Waals surface area contributed by atoms with E-state index >= 15 is 0 Å². The molecule has 0 bridgehead atoms. The summed E-state index contributed by atoms with van der Waals surface area (Å²) in [7, 11) is 0. The molecule has 2 aromatic heterocycles. The first-order chi connectivity index (χ1) is 16.9. The predicted octanol–water partition coefficient (Wildman–Crippen LogP) is 5.04. The van der Waals surface area contributed by atoms with Crippen molar-refractivity contribution in [2.45, 2.75) is 45.6 Å². The van der Waals surface area contributed by atoms with Crippen LogP contribution in [0.4, 0.5) is 16.4 Å². The molecule has 0 radical (unpaired) electrons. The summed E-state index contributed by atoms with van der Waals surface area (Å²) in [6.07, 6.45) is 5.03. The molecule has 1 aliphatic rings. The van der Waals surface area contributed by atoms with Crippen molar-refractivity contribution in [1.29, 1.82) is 0 Å². The van der Waals surface area contributed by atoms with Crippen molar-refractivity contribution in [1.82, 2.24) is 5.32 Å². The number of benzene rings is 1. The molecule has 1 aliphatic heterocycles. The van der Waals surface area contributed by atoms with Crippen molar-refractivity contribution in [2.24, 2.45) is 0 Å². The average Bonchev–Trinajstić information content (AvgIpc) is 3.61. The lowest BCUT2D eigenvalue weighted by atomic mass is 10.1. The SMILES string of the molecule is CCCC(NC(=O)c1sc(NC(=O)c2ccco2)cc1C)C(=O)Nc1cccc(N2CCCC2)c1. The van der Waals surface area contributed by atoms with Crippen LogP contribution in [-0.2, 0) is 4.79 Å². The Balaban J connectivity index is 1.41. The van der Waals surface area contributed by atoms with Crippen molar-refractivity contribution in [3.05, 3.63) is 64.9 Å². The number of hydrogen-bond acceptors (Lipinski definition) is 6. The van der Waals surface area contributed by atoms with Crippen LogP contribution in [-0.4, -0.2) is 36.9 Å². The van der Waals surface area contributed by atoms with Gasteiger partial charge in [0.1, 0.15) is 6.04 Å². The zero-order valence-electron chi connectivity index (χ0n) is 19.9. The fraction of sp³-hybridized carbons (Fsp3) is 0.346. The van der Waals surface area contributed by atoms with Gasteiger partial charge < -0.3 is 25.3 Å². The van der Waals surface area contributed by atoms with Gasteiger partial charge in [-0.25, -0.2) is 0 Å². The number of nitrogens with one attached hydrogen (secondary N) is 3. The van der Waals surface area contributed by atoms with E-state index in [4.69, 9.17) is 4.42 Å². The molecule has 1 atom stereocenters. The van der Waals surface area contributed by atoms with Gasteiger partial charge in [-0.3, -0.25) is 14.4 Å². The minimum absolute atomic E-state index is 0.190. The van der Waals surface area contributed by atoms with Crippen LogP contribution in [0.25, 0.3) is 0 Å². The van der Waals surface area contributed by atoms with E-state index in [0.29, 0.717) is 22.0 Å². The number of carbonyl (C=O) groups is 3. The Hall–Kier alpha value is -3.59. The van der Waals surface area contributed by atoms with Gasteiger partial charge in [-0.2, -0.15) is 0 Å². The molecule has 1 unspecified atom stereocenters. The minimum atomic E-state index is -0.675. The zero-order chi connectivity index (χ0) is 24.8. The van der Waals surface area contributed by atoms with E-state index in [1.165, 1.54) is 19.1 Å². The van der Waals surface area contributed by atoms with E-state index in [0.717, 1.165) is 42.1 Å². The van der Waals surface area contributed by atoms with E-state index in [1.807, 2.05) is 31.2 Å². The van der Waals surface area contributed by atoms with Gasteiger partial charge in [-0.15, -0.1) is 11.3 Å². The maximum atomic E-state index is 13.1. The highest BCUT2D eigenvalue weighted by Crippen LogP contribution is 2.28. The van der Waals surface area contributed by atoms with Crippen molar-refractivity contribution < 1.29 is 18.8 Å². The summed E-state index contributed by atoms with van der Waals surface area (Å²) in [6, 6.07) is 12.1. The average molecular weight is 495 g/mol. The smallest absolute Gasteiger partial charge is 0.291 e. The Morgan fingerprint density at radius 1 is 1.06 bits per heavy atom. The first kappa shape index (κ1) is 24.5. The molecule has 3 heterocycles. The Morgan fingerprint density at radius 2 is 1.86 bits per heavy atom. The normalized spacial score (nSPS) is 13.9. The van der Waals surface area contributed by atoms with E-state index in [-0.39, 0.29) is 23.5 Å². The number of hydrogen-bond donors (Lipinski definition) is 3. The Labute approximate surface area is 208 Å². The summed E-state index contributed by atoms with van der Waals surface area (Å²) in [6.45, 7) is 5.82. The summed E-state index contributed by atoms with van der Waals surface area (Å²) in [5.74, 6) is -0.789. The standard InChI is InChI=1S/C26H30N4O4S/c1-3-8-20(24(31)27-18-9-6-10-19(16-18)30-12-4-5-13-30)28-26(33)23-17(2)15-22(35-23)29-25(32)21-11-7-14-34-21/h6-7,9-11,14-16,20H,3-5,8,12-13H2,1-2H3,(H,27,31)(H,28,33)(H,29,32). The van der Waals surface area contributed by atoms with Gasteiger partial charge in [-0.05, 0) is 68.1 Å². The molecule has 0 aliphatic carbocycles. The first-order valence-corrected chi connectivity index (χ1v) is 12.7. The molecule has 35 heavy (non-hydrogen) atoms. The quantitative estimate of drug-likeness (QED) is 0.387. The summed E-state index contributed by atoms with van der Waals surface area (Å²) < 4.78 is 5.11. The molecule has 4 rings (SSSR count). The van der Waals surface area contributed by atoms with Crippen molar-refractivity contribution in [3.8, 4) is 0 Å². The van der Waals surface area contributed by atoms with Crippen LogP contribution in [0.15, 0.2) is 53.1 Å². The van der Waals surface area contributed by atoms with Gasteiger partial charge in [0, 0.05) is 24.5 Å². The van der Waals surface area contributed by atoms with Gasteiger partial charge >= 0.3 is 0 Å². The van der Waals surface area contributed by atoms with Gasteiger partial charge in [0.05, 0.1) is 16.1 Å². The molecule has 3 aromatic rings. The molecule has 0 saturated carbocycles. The lowest BCUT2D eigenvalue weighted by Crippen LogP contribution is -2.43. The third-order valence-electron chi connectivity index (χ3n) is 5.89. The van der Waals surface area contributed by atoms with Crippen molar-refractivity contribution >= 4 is 45.4 Å². The van der Waals surface area contributed by atoms with Crippen LogP contribution in [0.5, 0.6) is 0 Å². The number of rotatable bonds is 9. The van der Waals surface area contributed by atoms with Crippen LogP contribution in [0, 0.1) is 6.92 Å². The zero-order valence-corrected chi connectivity index (χ0v) is 20.7. The second kappa shape index (κ2) is 11.2. The predicted molar refractivity (Wildman–Crippen MR) is 138 cm³/mol. The number of carbonyl (C=O) groups excluding carboxylic acids is 3. The molecule has 1 saturated heterocycles. The molecule has 184 valence electrons. The number of amides is 3. The second-order valence-electron chi connectivity index (χ2n) is 8.60. The van der Waals surface area contributed by atoms with Gasteiger partial charge in [0.25, 0.3) is 11.8 Å². The first-order valence-electron chi connectivity index (χ1n) is 11.9. The van der Waals surface area contributed by atoms with Gasteiger partial charge in [0.15, 0.2) is 5.76 Å². The fourth-order valence-electron chi connectivity index (χ4n) is 4.12. The third-order valence-corrected chi connectivity index (χ3v) is 7.04. The van der Waals surface area contributed by atoms with E-state index in [9.17, 15) is 14.4 Å². The highest BCUT2D eigenvalue weighted by atomic mass is 32.1. The molecular formula is C26H30N4O4S. The molecule has 0 spiro atoms. The molecule has 1 aromatic carbocycles. The number of furan rings is 1. The summed E-state index contributed by atoms with van der Waals surface area (Å²) in [5.41, 5.74) is 2.52. The van der Waals surface area contributed by atoms with Gasteiger partial charge in [0.2, 0.25) is 5.91 Å². The van der Waals surface area contributed by atoms with Crippen molar-refractivity contribution in [2.75, 3.05) is 28.6 Å². The summed E-state index contributed by atoms with van der Waals surface area (Å²) in [4.78, 5) is 41.1. The van der Waals surface area contributed by atoms with Crippen molar-refractivity contribution in [3.63, 3.8) is 0 Å². The van der Waals surface area contributed by atoms with Gasteiger partial charge in [-0.1, -0.05) is 19.4 Å². The Bertz CT molecular complexity index is 1180. The second-order valence-corrected chi connectivity index (χ2v) is 9.65. The number of nitrogens with zero attached hydrogens (tertiary/aromatic N) is 1. The molecular weight excluding hydrogens is 464 g/mol. The van der Waals surface area contributed by atoms with Crippen LogP contribution in [0.3, 0.4) is 0 Å². The monoisotopic (exact) mass is 494 g/mol. The van der Waals surface area contributed by atoms with Crippen LogP contribution >= 0.6 is 11.3 Å². The third kappa shape index (κ3) is 6.10. The number of thiophene rings is 1. The largest absolute Gasteiger partial charge is 0.459 e. The summed E-state index contributed by atoms with van der Waals surface area (Å²) in [5, 5.41) is 9.12. The topological polar surface area (TPSA) is 104 Å². The molecule has 9 heteroatoms. The lowest BCUT2D eigenvalue weighted by molar-refractivity contribution is -0.118. The summed E-state index contributed by atoms with van der Waals surface area (Å²) >= 11 is 1.16. The highest BCUT2D eigenvalue weighted by molar-refractivity contribution is 7.18. The fourth-order valence-corrected chi connectivity index (χ4v) is 5.09. The maximum Gasteiger partial charge on any atom is 0.291 e. The number of aryl methyl sites for hydroxylation is 1. The van der Waals surface area contributed by atoms with E-state index in [1.54, 1.807) is 25.1 Å². The molecule has 1 fully saturated rings. The van der Waals surface area contributed by atoms with E-state index in [2.05, 4.69) is 20.9 Å². The Kier molecular flexibility index (Phi) is 7.87. The molecule has 8 nitrogen and oxygen atoms in total. The van der Waals surface area contributed by atoms with E-state index < -0.39 is 6.04 Å². The van der Waals surface area contributed by atoms with Crippen LogP contribution < -0.4 is 20.9 Å². The molecule has 3 amide bonds. The maximum absolute atomic E-state index is 13.1. The van der Waals surface area contributed by atoms with Crippen LogP contribution in [0.2, 0.25) is 0 Å².